The van der Waals surface area contributed by atoms with Crippen LogP contribution in [0.4, 0.5) is 5.69 Å². The van der Waals surface area contributed by atoms with E-state index in [0.717, 1.165) is 21.9 Å². The van der Waals surface area contributed by atoms with Crippen LogP contribution >= 0.6 is 11.6 Å². The molecule has 0 aromatic heterocycles. The summed E-state index contributed by atoms with van der Waals surface area (Å²) in [6.07, 6.45) is 1.06. The molecule has 3 aromatic carbocycles. The lowest BCUT2D eigenvalue weighted by Gasteiger charge is -2.33. The number of amides is 2. The summed E-state index contributed by atoms with van der Waals surface area (Å²) in [5.74, 6) is -0.145. The first kappa shape index (κ1) is 32.8. The van der Waals surface area contributed by atoms with Gasteiger partial charge >= 0.3 is 0 Å². The number of hydrogen-bond acceptors (Lipinski definition) is 6. The molecule has 42 heavy (non-hydrogen) atoms. The Kier molecular flexibility index (Phi) is 11.6. The molecule has 0 radical (unpaired) electrons. The van der Waals surface area contributed by atoms with Crippen molar-refractivity contribution in [1.29, 1.82) is 0 Å². The summed E-state index contributed by atoms with van der Waals surface area (Å²) in [4.78, 5) is 28.8. The summed E-state index contributed by atoms with van der Waals surface area (Å²) in [5.41, 5.74) is 1.84. The van der Waals surface area contributed by atoms with Gasteiger partial charge in [0.1, 0.15) is 12.6 Å². The molecule has 0 saturated carbocycles. The lowest BCUT2D eigenvalue weighted by atomic mass is 10.1. The molecule has 3 aromatic rings. The van der Waals surface area contributed by atoms with Crippen molar-refractivity contribution in [3.05, 3.63) is 82.9 Å². The molecule has 2 amide bonds. The Bertz CT molecular complexity index is 1460. The number of ether oxygens (including phenoxy) is 2. The predicted octanol–water partition coefficient (Wildman–Crippen LogP) is 5.19. The molecule has 0 saturated heterocycles. The van der Waals surface area contributed by atoms with E-state index in [1.807, 2.05) is 20.8 Å². The average Bonchev–Trinajstić information content (AvgIpc) is 2.99. The number of rotatable bonds is 14. The standard InChI is InChI=1S/C31H38ClN3O6S/c1-6-18-33-31(37)27(7-2)34(20-23-10-12-24(32)13-11-23)30(36)21-35(25-14-17-28(40-4)29(19-25)41-5)42(38,39)26-15-8-22(3)9-16-26/h8-17,19,27H,6-7,18,20-21H2,1-5H3,(H,33,37). The zero-order valence-electron chi connectivity index (χ0n) is 24.6. The van der Waals surface area contributed by atoms with Crippen LogP contribution in [0.25, 0.3) is 0 Å². The third kappa shape index (κ3) is 7.95. The van der Waals surface area contributed by atoms with E-state index in [0.29, 0.717) is 29.5 Å². The van der Waals surface area contributed by atoms with Crippen LogP contribution in [-0.4, -0.2) is 58.5 Å². The summed E-state index contributed by atoms with van der Waals surface area (Å²) in [6.45, 7) is 5.59. The monoisotopic (exact) mass is 615 g/mol. The fourth-order valence-electron chi connectivity index (χ4n) is 4.42. The molecular weight excluding hydrogens is 578 g/mol. The highest BCUT2D eigenvalue weighted by Crippen LogP contribution is 2.34. The number of methoxy groups -OCH3 is 2. The Labute approximate surface area is 253 Å². The van der Waals surface area contributed by atoms with E-state index >= 15 is 0 Å². The molecule has 11 heteroatoms. The van der Waals surface area contributed by atoms with E-state index in [1.54, 1.807) is 48.5 Å². The van der Waals surface area contributed by atoms with Gasteiger partial charge in [-0.25, -0.2) is 8.42 Å². The number of nitrogens with one attached hydrogen (secondary N) is 1. The first-order valence-electron chi connectivity index (χ1n) is 13.7. The SMILES string of the molecule is CCCNC(=O)C(CC)N(Cc1ccc(Cl)cc1)C(=O)CN(c1ccc(OC)c(OC)c1)S(=O)(=O)c1ccc(C)cc1. The van der Waals surface area contributed by atoms with Crippen molar-refractivity contribution in [3.63, 3.8) is 0 Å². The number of sulfonamides is 1. The Hall–Kier alpha value is -3.76. The van der Waals surface area contributed by atoms with Crippen LogP contribution in [-0.2, 0) is 26.2 Å². The number of anilines is 1. The normalized spacial score (nSPS) is 11.9. The van der Waals surface area contributed by atoms with Crippen molar-refractivity contribution in [2.24, 2.45) is 0 Å². The third-order valence-corrected chi connectivity index (χ3v) is 8.78. The largest absolute Gasteiger partial charge is 0.493 e. The number of carbonyl (C=O) groups is 2. The number of carbonyl (C=O) groups excluding carboxylic acids is 2. The minimum atomic E-state index is -4.22. The highest BCUT2D eigenvalue weighted by Gasteiger charge is 2.34. The molecule has 0 fully saturated rings. The predicted molar refractivity (Wildman–Crippen MR) is 165 cm³/mol. The second-order valence-electron chi connectivity index (χ2n) is 9.73. The highest BCUT2D eigenvalue weighted by molar-refractivity contribution is 7.92. The first-order chi connectivity index (χ1) is 20.0. The number of hydrogen-bond donors (Lipinski definition) is 1. The first-order valence-corrected chi connectivity index (χ1v) is 15.5. The fourth-order valence-corrected chi connectivity index (χ4v) is 5.95. The second kappa shape index (κ2) is 14.9. The van der Waals surface area contributed by atoms with Crippen molar-refractivity contribution in [2.75, 3.05) is 31.6 Å². The van der Waals surface area contributed by atoms with Gasteiger partial charge in [0.15, 0.2) is 11.5 Å². The summed E-state index contributed by atoms with van der Waals surface area (Å²) in [5, 5.41) is 3.41. The van der Waals surface area contributed by atoms with Crippen LogP contribution in [0, 0.1) is 6.92 Å². The second-order valence-corrected chi connectivity index (χ2v) is 12.0. The van der Waals surface area contributed by atoms with Gasteiger partial charge in [-0.2, -0.15) is 0 Å². The van der Waals surface area contributed by atoms with Crippen LogP contribution < -0.4 is 19.1 Å². The minimum absolute atomic E-state index is 0.0210. The summed E-state index contributed by atoms with van der Waals surface area (Å²) >= 11 is 6.07. The van der Waals surface area contributed by atoms with Gasteiger partial charge in [-0.05, 0) is 61.7 Å². The van der Waals surface area contributed by atoms with E-state index in [-0.39, 0.29) is 23.0 Å². The molecule has 1 N–H and O–H groups in total. The quantitative estimate of drug-likeness (QED) is 0.267. The lowest BCUT2D eigenvalue weighted by molar-refractivity contribution is -0.140. The highest BCUT2D eigenvalue weighted by atomic mass is 35.5. The van der Waals surface area contributed by atoms with Crippen LogP contribution in [0.2, 0.25) is 5.02 Å². The molecule has 0 aliphatic rings. The van der Waals surface area contributed by atoms with Gasteiger partial charge in [-0.1, -0.05) is 55.3 Å². The number of benzene rings is 3. The summed E-state index contributed by atoms with van der Waals surface area (Å²) in [6, 6.07) is 17.2. The summed E-state index contributed by atoms with van der Waals surface area (Å²) < 4.78 is 39.9. The third-order valence-electron chi connectivity index (χ3n) is 6.74. The van der Waals surface area contributed by atoms with E-state index in [2.05, 4.69) is 5.32 Å². The minimum Gasteiger partial charge on any atom is -0.493 e. The van der Waals surface area contributed by atoms with Gasteiger partial charge in [0.05, 0.1) is 24.8 Å². The van der Waals surface area contributed by atoms with Gasteiger partial charge in [0.25, 0.3) is 10.0 Å². The Balaban J connectivity index is 2.10. The van der Waals surface area contributed by atoms with Crippen LogP contribution in [0.15, 0.2) is 71.6 Å². The zero-order chi connectivity index (χ0) is 30.9. The molecule has 1 unspecified atom stereocenters. The summed E-state index contributed by atoms with van der Waals surface area (Å²) in [7, 11) is -1.30. The smallest absolute Gasteiger partial charge is 0.264 e. The van der Waals surface area contributed by atoms with E-state index < -0.39 is 28.5 Å². The molecular formula is C31H38ClN3O6S. The maximum Gasteiger partial charge on any atom is 0.264 e. The average molecular weight is 616 g/mol. The van der Waals surface area contributed by atoms with Crippen molar-refractivity contribution in [1.82, 2.24) is 10.2 Å². The van der Waals surface area contributed by atoms with Crippen LogP contribution in [0.1, 0.15) is 37.8 Å². The van der Waals surface area contributed by atoms with Crippen molar-refractivity contribution >= 4 is 39.1 Å². The molecule has 226 valence electrons. The number of halogens is 1. The molecule has 0 spiro atoms. The van der Waals surface area contributed by atoms with Crippen LogP contribution in [0.5, 0.6) is 11.5 Å². The van der Waals surface area contributed by atoms with Gasteiger partial charge < -0.3 is 19.7 Å². The molecule has 9 nitrogen and oxygen atoms in total. The number of aryl methyl sites for hydroxylation is 1. The van der Waals surface area contributed by atoms with Crippen molar-refractivity contribution < 1.29 is 27.5 Å². The van der Waals surface area contributed by atoms with Crippen molar-refractivity contribution in [3.8, 4) is 11.5 Å². The molecule has 0 bridgehead atoms. The Morgan fingerprint density at radius 3 is 2.14 bits per heavy atom. The maximum absolute atomic E-state index is 14.1. The fraction of sp³-hybridized carbons (Fsp3) is 0.355. The molecule has 0 aliphatic carbocycles. The maximum atomic E-state index is 14.1. The Morgan fingerprint density at radius 2 is 1.57 bits per heavy atom. The number of nitrogens with zero attached hydrogens (tertiary/aromatic N) is 2. The van der Waals surface area contributed by atoms with E-state index in [9.17, 15) is 18.0 Å². The van der Waals surface area contributed by atoms with E-state index in [1.165, 1.54) is 37.3 Å². The van der Waals surface area contributed by atoms with Gasteiger partial charge in [-0.3, -0.25) is 13.9 Å². The molecule has 1 atom stereocenters. The van der Waals surface area contributed by atoms with E-state index in [4.69, 9.17) is 21.1 Å². The van der Waals surface area contributed by atoms with Gasteiger partial charge in [0, 0.05) is 24.2 Å². The van der Waals surface area contributed by atoms with Gasteiger partial charge in [-0.15, -0.1) is 0 Å². The molecule has 3 rings (SSSR count). The van der Waals surface area contributed by atoms with Crippen molar-refractivity contribution in [2.45, 2.75) is 51.1 Å². The van der Waals surface area contributed by atoms with Gasteiger partial charge in [0.2, 0.25) is 11.8 Å². The molecule has 0 heterocycles. The lowest BCUT2D eigenvalue weighted by Crippen LogP contribution is -2.52. The molecule has 0 aliphatic heterocycles. The van der Waals surface area contributed by atoms with Crippen LogP contribution in [0.3, 0.4) is 0 Å². The Morgan fingerprint density at radius 1 is 0.929 bits per heavy atom. The zero-order valence-corrected chi connectivity index (χ0v) is 26.2. The topological polar surface area (TPSA) is 105 Å².